The molecule has 15 heteroatoms. The molecule has 5 rings (SSSR count). The van der Waals surface area contributed by atoms with E-state index in [0.717, 1.165) is 12.8 Å². The highest BCUT2D eigenvalue weighted by molar-refractivity contribution is 5.94. The largest absolute Gasteiger partial charge is 0.491 e. The van der Waals surface area contributed by atoms with E-state index in [0.29, 0.717) is 16.9 Å². The maximum Gasteiger partial charge on any atom is 0.389 e. The highest BCUT2D eigenvalue weighted by atomic mass is 19.4. The molecule has 2 fully saturated rings. The van der Waals surface area contributed by atoms with Gasteiger partial charge >= 0.3 is 6.18 Å². The van der Waals surface area contributed by atoms with Gasteiger partial charge in [0.2, 0.25) is 17.5 Å². The Balaban J connectivity index is 1.40. The fourth-order valence-corrected chi connectivity index (χ4v) is 5.20. The molecule has 3 aromatic rings. The Labute approximate surface area is 231 Å². The Hall–Kier alpha value is -3.78. The summed E-state index contributed by atoms with van der Waals surface area (Å²) in [4.78, 5) is 30.0. The lowest BCUT2D eigenvalue weighted by molar-refractivity contribution is -0.144. The molecular weight excluding hydrogens is 555 g/mol. The van der Waals surface area contributed by atoms with E-state index in [2.05, 4.69) is 25.9 Å². The molecule has 0 aliphatic heterocycles. The molecule has 0 saturated heterocycles. The third-order valence-corrected chi connectivity index (χ3v) is 7.57. The summed E-state index contributed by atoms with van der Waals surface area (Å²) in [5.41, 5.74) is 1.24. The van der Waals surface area contributed by atoms with Crippen molar-refractivity contribution >= 4 is 17.5 Å². The van der Waals surface area contributed by atoms with Crippen LogP contribution in [0, 0.1) is 11.8 Å². The molecule has 41 heavy (non-hydrogen) atoms. The SMILES string of the molecule is COc1conc1C(=O)N[C@H](c1cn2ncc([C@H](NC(=O)CCC(F)(F)F)C3CC3)cc2n1)C1CCC(F)(F)CC1. The lowest BCUT2D eigenvalue weighted by Crippen LogP contribution is -2.37. The van der Waals surface area contributed by atoms with E-state index in [1.807, 2.05) is 0 Å². The first-order valence-corrected chi connectivity index (χ1v) is 13.3. The molecule has 0 radical (unpaired) electrons. The van der Waals surface area contributed by atoms with Crippen LogP contribution in [0.15, 0.2) is 29.2 Å². The fourth-order valence-electron chi connectivity index (χ4n) is 5.20. The molecular formula is C26H29F5N6O4. The number of hydrogen-bond acceptors (Lipinski definition) is 7. The Morgan fingerprint density at radius 3 is 2.51 bits per heavy atom. The minimum Gasteiger partial charge on any atom is -0.491 e. The zero-order valence-corrected chi connectivity index (χ0v) is 22.1. The number of fused-ring (bicyclic) bond motifs is 1. The quantitative estimate of drug-likeness (QED) is 0.324. The summed E-state index contributed by atoms with van der Waals surface area (Å²) in [6.45, 7) is 0. The first-order valence-electron chi connectivity index (χ1n) is 13.3. The van der Waals surface area contributed by atoms with E-state index in [9.17, 15) is 31.5 Å². The van der Waals surface area contributed by atoms with Crippen LogP contribution in [0.2, 0.25) is 0 Å². The Kier molecular flexibility index (Phi) is 7.88. The standard InChI is InChI=1S/C26H29F5N6O4/c1-40-18-13-41-36-23(18)24(39)35-22(15-4-7-25(27,28)8-5-15)17-12-37-19(33-17)10-16(11-32-37)21(14-2-3-14)34-20(38)6-9-26(29,30)31/h10-15,21-22H,2-9H2,1H3,(H,34,38)(H,35,39)/t21-,22+/m1/s1. The number of amides is 2. The molecule has 2 amide bonds. The molecule has 0 unspecified atom stereocenters. The Morgan fingerprint density at radius 1 is 1.15 bits per heavy atom. The van der Waals surface area contributed by atoms with E-state index >= 15 is 0 Å². The van der Waals surface area contributed by atoms with Crippen LogP contribution in [0.3, 0.4) is 0 Å². The highest BCUT2D eigenvalue weighted by Crippen LogP contribution is 2.43. The number of aromatic nitrogens is 4. The summed E-state index contributed by atoms with van der Waals surface area (Å²) in [6.07, 6.45) is -0.798. The first-order chi connectivity index (χ1) is 19.4. The van der Waals surface area contributed by atoms with Gasteiger partial charge in [-0.05, 0) is 49.1 Å². The van der Waals surface area contributed by atoms with Crippen molar-refractivity contribution < 1.29 is 40.8 Å². The number of methoxy groups -OCH3 is 1. The van der Waals surface area contributed by atoms with E-state index in [4.69, 9.17) is 9.26 Å². The minimum atomic E-state index is -4.43. The third-order valence-electron chi connectivity index (χ3n) is 7.57. The number of imidazole rings is 1. The molecule has 10 nitrogen and oxygen atoms in total. The van der Waals surface area contributed by atoms with Gasteiger partial charge in [0.1, 0.15) is 0 Å². The molecule has 0 spiro atoms. The number of alkyl halides is 5. The first kappa shape index (κ1) is 28.7. The van der Waals surface area contributed by atoms with Gasteiger partial charge < -0.3 is 19.9 Å². The van der Waals surface area contributed by atoms with Crippen molar-refractivity contribution in [3.05, 3.63) is 41.7 Å². The zero-order valence-electron chi connectivity index (χ0n) is 22.1. The zero-order chi connectivity index (χ0) is 29.4. The van der Waals surface area contributed by atoms with Gasteiger partial charge in [-0.25, -0.2) is 18.3 Å². The van der Waals surface area contributed by atoms with Crippen LogP contribution < -0.4 is 15.4 Å². The van der Waals surface area contributed by atoms with Crippen LogP contribution in [0.4, 0.5) is 22.0 Å². The monoisotopic (exact) mass is 584 g/mol. The van der Waals surface area contributed by atoms with Gasteiger partial charge in [-0.1, -0.05) is 5.16 Å². The second kappa shape index (κ2) is 11.2. The summed E-state index contributed by atoms with van der Waals surface area (Å²) >= 11 is 0. The van der Waals surface area contributed by atoms with Gasteiger partial charge in [0.05, 0.1) is 43.7 Å². The Morgan fingerprint density at radius 2 is 1.85 bits per heavy atom. The number of rotatable bonds is 10. The molecule has 0 aromatic carbocycles. The summed E-state index contributed by atoms with van der Waals surface area (Å²) in [6, 6.07) is 0.397. The molecule has 222 valence electrons. The van der Waals surface area contributed by atoms with E-state index < -0.39 is 48.8 Å². The van der Waals surface area contributed by atoms with Crippen molar-refractivity contribution in [1.29, 1.82) is 0 Å². The third kappa shape index (κ3) is 6.93. The smallest absolute Gasteiger partial charge is 0.389 e. The molecule has 2 N–H and O–H groups in total. The highest BCUT2D eigenvalue weighted by Gasteiger charge is 2.40. The average molecular weight is 585 g/mol. The predicted octanol–water partition coefficient (Wildman–Crippen LogP) is 4.93. The van der Waals surface area contributed by atoms with Crippen molar-refractivity contribution in [2.75, 3.05) is 7.11 Å². The normalized spacial score (nSPS) is 19.1. The van der Waals surface area contributed by atoms with Gasteiger partial charge in [0, 0.05) is 19.3 Å². The average Bonchev–Trinajstić information content (AvgIpc) is 3.48. The van der Waals surface area contributed by atoms with Crippen molar-refractivity contribution in [2.45, 2.75) is 75.5 Å². The summed E-state index contributed by atoms with van der Waals surface area (Å²) in [5.74, 6) is -4.29. The van der Waals surface area contributed by atoms with Gasteiger partial charge in [0.25, 0.3) is 5.91 Å². The van der Waals surface area contributed by atoms with E-state index in [-0.39, 0.29) is 49.0 Å². The maximum absolute atomic E-state index is 13.9. The van der Waals surface area contributed by atoms with Crippen LogP contribution in [0.1, 0.15) is 85.2 Å². The lowest BCUT2D eigenvalue weighted by atomic mass is 9.81. The van der Waals surface area contributed by atoms with Crippen molar-refractivity contribution in [3.8, 4) is 5.75 Å². The summed E-state index contributed by atoms with van der Waals surface area (Å²) < 4.78 is 77.0. The molecule has 2 saturated carbocycles. The number of nitrogens with zero attached hydrogens (tertiary/aromatic N) is 4. The molecule has 2 aliphatic rings. The minimum absolute atomic E-state index is 0.0666. The van der Waals surface area contributed by atoms with Crippen molar-refractivity contribution in [3.63, 3.8) is 0 Å². The van der Waals surface area contributed by atoms with Crippen LogP contribution in [-0.4, -0.2) is 50.8 Å². The number of hydrogen-bond donors (Lipinski definition) is 2. The number of ether oxygens (including phenoxy) is 1. The van der Waals surface area contributed by atoms with Crippen LogP contribution >= 0.6 is 0 Å². The number of carbonyl (C=O) groups excluding carboxylic acids is 2. The lowest BCUT2D eigenvalue weighted by Gasteiger charge is -2.33. The van der Waals surface area contributed by atoms with Crippen molar-refractivity contribution in [2.24, 2.45) is 11.8 Å². The van der Waals surface area contributed by atoms with Crippen molar-refractivity contribution in [1.82, 2.24) is 30.4 Å². The fraction of sp³-hybridized carbons (Fsp3) is 0.577. The summed E-state index contributed by atoms with van der Waals surface area (Å²) in [7, 11) is 1.35. The van der Waals surface area contributed by atoms with Gasteiger partial charge in [0.15, 0.2) is 17.7 Å². The van der Waals surface area contributed by atoms with E-state index in [1.165, 1.54) is 24.1 Å². The molecule has 0 bridgehead atoms. The van der Waals surface area contributed by atoms with Gasteiger partial charge in [-0.2, -0.15) is 18.3 Å². The number of nitrogens with one attached hydrogen (secondary N) is 2. The topological polar surface area (TPSA) is 124 Å². The second-order valence-corrected chi connectivity index (χ2v) is 10.6. The van der Waals surface area contributed by atoms with Gasteiger partial charge in [-0.15, -0.1) is 0 Å². The number of halogens is 5. The van der Waals surface area contributed by atoms with E-state index in [1.54, 1.807) is 12.3 Å². The summed E-state index contributed by atoms with van der Waals surface area (Å²) in [5, 5.41) is 13.6. The Bertz CT molecular complexity index is 1390. The van der Waals surface area contributed by atoms with Gasteiger partial charge in [-0.3, -0.25) is 9.59 Å². The number of carbonyl (C=O) groups is 2. The van der Waals surface area contributed by atoms with Crippen LogP contribution in [-0.2, 0) is 4.79 Å². The molecule has 2 aliphatic carbocycles. The van der Waals surface area contributed by atoms with Crippen LogP contribution in [0.25, 0.3) is 5.65 Å². The second-order valence-electron chi connectivity index (χ2n) is 10.6. The predicted molar refractivity (Wildman–Crippen MR) is 132 cm³/mol. The molecule has 2 atom stereocenters. The van der Waals surface area contributed by atoms with Crippen LogP contribution in [0.5, 0.6) is 5.75 Å². The maximum atomic E-state index is 13.9. The molecule has 3 heterocycles. The molecule has 3 aromatic heterocycles.